The predicted molar refractivity (Wildman–Crippen MR) is 63.8 cm³/mol. The highest BCUT2D eigenvalue weighted by molar-refractivity contribution is 5.25. The predicted octanol–water partition coefficient (Wildman–Crippen LogP) is 1.85. The third-order valence-corrected chi connectivity index (χ3v) is 3.30. The van der Waals surface area contributed by atoms with Crippen molar-refractivity contribution in [1.29, 1.82) is 0 Å². The summed E-state index contributed by atoms with van der Waals surface area (Å²) in [5, 5.41) is 7.28. The lowest BCUT2D eigenvalue weighted by Gasteiger charge is -2.14. The number of nitrogens with one attached hydrogen (secondary N) is 1. The molecule has 1 saturated heterocycles. The van der Waals surface area contributed by atoms with Crippen LogP contribution >= 0.6 is 0 Å². The van der Waals surface area contributed by atoms with E-state index in [4.69, 9.17) is 4.52 Å². The van der Waals surface area contributed by atoms with E-state index in [9.17, 15) is 0 Å². The Labute approximate surface area is 100 Å². The van der Waals surface area contributed by atoms with E-state index in [-0.39, 0.29) is 0 Å². The van der Waals surface area contributed by atoms with E-state index < -0.39 is 0 Å². The molecule has 1 N–H and O–H groups in total. The number of aromatic nitrogens is 2. The first-order valence-corrected chi connectivity index (χ1v) is 5.90. The number of hydrogen-bond acceptors (Lipinski definition) is 4. The summed E-state index contributed by atoms with van der Waals surface area (Å²) in [6, 6.07) is 10.5. The van der Waals surface area contributed by atoms with Gasteiger partial charge in [-0.1, -0.05) is 35.5 Å². The van der Waals surface area contributed by atoms with Crippen LogP contribution in [-0.2, 0) is 0 Å². The van der Waals surface area contributed by atoms with Gasteiger partial charge in [0.05, 0.1) is 5.92 Å². The van der Waals surface area contributed by atoms with E-state index in [1.54, 1.807) is 0 Å². The third kappa shape index (κ3) is 1.96. The first-order valence-electron chi connectivity index (χ1n) is 5.90. The highest BCUT2D eigenvalue weighted by Crippen LogP contribution is 2.34. The van der Waals surface area contributed by atoms with Gasteiger partial charge in [-0.05, 0) is 12.5 Å². The molecule has 0 spiro atoms. The Morgan fingerprint density at radius 1 is 1.18 bits per heavy atom. The molecule has 1 fully saturated rings. The molecule has 4 heteroatoms. The molecule has 1 aromatic carbocycles. The number of aryl methyl sites for hydroxylation is 1. The van der Waals surface area contributed by atoms with Crippen LogP contribution < -0.4 is 5.32 Å². The minimum Gasteiger partial charge on any atom is -0.339 e. The second kappa shape index (κ2) is 4.30. The fourth-order valence-corrected chi connectivity index (χ4v) is 2.45. The van der Waals surface area contributed by atoms with Gasteiger partial charge in [-0.25, -0.2) is 0 Å². The first kappa shape index (κ1) is 10.5. The highest BCUT2D eigenvalue weighted by atomic mass is 16.5. The van der Waals surface area contributed by atoms with Gasteiger partial charge in [-0.2, -0.15) is 4.98 Å². The summed E-state index contributed by atoms with van der Waals surface area (Å²) < 4.78 is 5.30. The van der Waals surface area contributed by atoms with Crippen LogP contribution in [0.15, 0.2) is 34.9 Å². The van der Waals surface area contributed by atoms with Crippen molar-refractivity contribution in [1.82, 2.24) is 15.5 Å². The standard InChI is InChI=1S/C13H15N3O/c1-9-15-13(17-16-9)12-8-14-7-11(12)10-5-3-2-4-6-10/h2-6,11-12,14H,7-8H2,1H3/t11-,12+/m1/s1. The summed E-state index contributed by atoms with van der Waals surface area (Å²) >= 11 is 0. The minimum absolute atomic E-state index is 0.290. The quantitative estimate of drug-likeness (QED) is 0.853. The SMILES string of the molecule is Cc1noc([C@H]2CNC[C@@H]2c2ccccc2)n1. The average Bonchev–Trinajstić information content (AvgIpc) is 2.98. The summed E-state index contributed by atoms with van der Waals surface area (Å²) in [6.07, 6.45) is 0. The Morgan fingerprint density at radius 2 is 1.94 bits per heavy atom. The third-order valence-electron chi connectivity index (χ3n) is 3.30. The van der Waals surface area contributed by atoms with E-state index >= 15 is 0 Å². The van der Waals surface area contributed by atoms with E-state index in [2.05, 4.69) is 39.7 Å². The molecule has 0 radical (unpaired) electrons. The monoisotopic (exact) mass is 229 g/mol. The van der Waals surface area contributed by atoms with Gasteiger partial charge in [-0.3, -0.25) is 0 Å². The highest BCUT2D eigenvalue weighted by Gasteiger charge is 2.33. The number of nitrogens with zero attached hydrogens (tertiary/aromatic N) is 2. The molecular formula is C13H15N3O. The van der Waals surface area contributed by atoms with E-state index in [1.807, 2.05) is 13.0 Å². The minimum atomic E-state index is 0.290. The van der Waals surface area contributed by atoms with Crippen LogP contribution in [0.25, 0.3) is 0 Å². The van der Waals surface area contributed by atoms with Gasteiger partial charge in [0, 0.05) is 19.0 Å². The largest absolute Gasteiger partial charge is 0.339 e. The van der Waals surface area contributed by atoms with Crippen molar-refractivity contribution in [3.05, 3.63) is 47.6 Å². The summed E-state index contributed by atoms with van der Waals surface area (Å²) in [5.41, 5.74) is 1.33. The molecule has 2 atom stereocenters. The molecule has 4 nitrogen and oxygen atoms in total. The van der Waals surface area contributed by atoms with Crippen LogP contribution in [0.5, 0.6) is 0 Å². The average molecular weight is 229 g/mol. The van der Waals surface area contributed by atoms with Gasteiger partial charge in [0.2, 0.25) is 5.89 Å². The molecule has 88 valence electrons. The van der Waals surface area contributed by atoms with Crippen LogP contribution in [0.2, 0.25) is 0 Å². The van der Waals surface area contributed by atoms with E-state index in [1.165, 1.54) is 5.56 Å². The summed E-state index contributed by atoms with van der Waals surface area (Å²) in [4.78, 5) is 4.35. The zero-order valence-corrected chi connectivity index (χ0v) is 9.76. The maximum atomic E-state index is 5.30. The second-order valence-electron chi connectivity index (χ2n) is 4.46. The molecule has 2 aromatic rings. The van der Waals surface area contributed by atoms with E-state index in [0.717, 1.165) is 19.0 Å². The van der Waals surface area contributed by atoms with Crippen molar-refractivity contribution >= 4 is 0 Å². The van der Waals surface area contributed by atoms with Crippen LogP contribution in [0.4, 0.5) is 0 Å². The molecule has 2 heterocycles. The van der Waals surface area contributed by atoms with Gasteiger partial charge in [-0.15, -0.1) is 0 Å². The number of hydrogen-bond donors (Lipinski definition) is 1. The Bertz CT molecular complexity index is 494. The van der Waals surface area contributed by atoms with Crippen LogP contribution in [-0.4, -0.2) is 23.2 Å². The molecule has 1 aromatic heterocycles. The van der Waals surface area contributed by atoms with Crippen molar-refractivity contribution in [3.8, 4) is 0 Å². The molecular weight excluding hydrogens is 214 g/mol. The summed E-state index contributed by atoms with van der Waals surface area (Å²) in [5.74, 6) is 2.18. The number of rotatable bonds is 2. The number of benzene rings is 1. The fourth-order valence-electron chi connectivity index (χ4n) is 2.45. The van der Waals surface area contributed by atoms with Crippen molar-refractivity contribution in [3.63, 3.8) is 0 Å². The van der Waals surface area contributed by atoms with Crippen molar-refractivity contribution < 1.29 is 4.52 Å². The van der Waals surface area contributed by atoms with Crippen molar-refractivity contribution in [2.45, 2.75) is 18.8 Å². The Kier molecular flexibility index (Phi) is 2.65. The molecule has 0 bridgehead atoms. The smallest absolute Gasteiger partial charge is 0.231 e. The van der Waals surface area contributed by atoms with Gasteiger partial charge < -0.3 is 9.84 Å². The topological polar surface area (TPSA) is 51.0 Å². The summed E-state index contributed by atoms with van der Waals surface area (Å²) in [7, 11) is 0. The first-order chi connectivity index (χ1) is 8.34. The zero-order valence-electron chi connectivity index (χ0n) is 9.76. The van der Waals surface area contributed by atoms with Crippen LogP contribution in [0.3, 0.4) is 0 Å². The van der Waals surface area contributed by atoms with Gasteiger partial charge in [0.25, 0.3) is 0 Å². The van der Waals surface area contributed by atoms with Crippen LogP contribution in [0.1, 0.15) is 29.1 Å². The van der Waals surface area contributed by atoms with Crippen molar-refractivity contribution in [2.24, 2.45) is 0 Å². The molecule has 1 aliphatic rings. The normalized spacial score (nSPS) is 24.1. The lowest BCUT2D eigenvalue weighted by Crippen LogP contribution is -2.09. The lowest BCUT2D eigenvalue weighted by molar-refractivity contribution is 0.348. The Hall–Kier alpha value is -1.68. The van der Waals surface area contributed by atoms with E-state index in [0.29, 0.717) is 17.7 Å². The van der Waals surface area contributed by atoms with Gasteiger partial charge >= 0.3 is 0 Å². The maximum Gasteiger partial charge on any atom is 0.231 e. The molecule has 0 aliphatic carbocycles. The fraction of sp³-hybridized carbons (Fsp3) is 0.385. The molecule has 3 rings (SSSR count). The Morgan fingerprint density at radius 3 is 2.65 bits per heavy atom. The second-order valence-corrected chi connectivity index (χ2v) is 4.46. The lowest BCUT2D eigenvalue weighted by atomic mass is 9.89. The zero-order chi connectivity index (χ0) is 11.7. The molecule has 0 amide bonds. The van der Waals surface area contributed by atoms with Gasteiger partial charge in [0.15, 0.2) is 5.82 Å². The molecule has 17 heavy (non-hydrogen) atoms. The Balaban J connectivity index is 1.90. The van der Waals surface area contributed by atoms with Crippen LogP contribution in [0, 0.1) is 6.92 Å². The molecule has 0 saturated carbocycles. The van der Waals surface area contributed by atoms with Gasteiger partial charge in [0.1, 0.15) is 0 Å². The molecule has 0 unspecified atom stereocenters. The van der Waals surface area contributed by atoms with Crippen molar-refractivity contribution in [2.75, 3.05) is 13.1 Å². The summed E-state index contributed by atoms with van der Waals surface area (Å²) in [6.45, 7) is 3.73. The maximum absolute atomic E-state index is 5.30. The molecule has 1 aliphatic heterocycles.